The van der Waals surface area contributed by atoms with Crippen LogP contribution in [-0.2, 0) is 4.74 Å². The smallest absolute Gasteiger partial charge is 0.342 e. The first-order chi connectivity index (χ1) is 10.6. The van der Waals surface area contributed by atoms with E-state index in [9.17, 15) is 9.59 Å². The van der Waals surface area contributed by atoms with Gasteiger partial charge in [-0.3, -0.25) is 4.79 Å². The highest BCUT2D eigenvalue weighted by molar-refractivity contribution is 6.10. The Labute approximate surface area is 126 Å². The predicted octanol–water partition coefficient (Wildman–Crippen LogP) is 3.50. The summed E-state index contributed by atoms with van der Waals surface area (Å²) in [5.74, 6) is -0.337. The van der Waals surface area contributed by atoms with E-state index in [4.69, 9.17) is 9.15 Å². The second kappa shape index (κ2) is 5.52. The van der Waals surface area contributed by atoms with Gasteiger partial charge in [0.25, 0.3) is 0 Å². The molecule has 0 radical (unpaired) electrons. The SMILES string of the molecule is Cc1occc1C(=O)OC(C)C(=O)c1c[nH]c2ccccc12. The number of benzene rings is 1. The number of aromatic nitrogens is 1. The van der Waals surface area contributed by atoms with E-state index >= 15 is 0 Å². The van der Waals surface area contributed by atoms with E-state index in [2.05, 4.69) is 4.98 Å². The van der Waals surface area contributed by atoms with Gasteiger partial charge in [0.15, 0.2) is 6.10 Å². The molecule has 0 aliphatic heterocycles. The maximum absolute atomic E-state index is 12.5. The molecule has 1 aromatic carbocycles. The number of hydrogen-bond donors (Lipinski definition) is 1. The lowest BCUT2D eigenvalue weighted by atomic mass is 10.1. The summed E-state index contributed by atoms with van der Waals surface area (Å²) < 4.78 is 10.3. The van der Waals surface area contributed by atoms with Crippen LogP contribution in [0.3, 0.4) is 0 Å². The topological polar surface area (TPSA) is 72.3 Å². The molecule has 2 aromatic heterocycles. The second-order valence-corrected chi connectivity index (χ2v) is 5.05. The number of carbonyl (C=O) groups is 2. The van der Waals surface area contributed by atoms with Crippen molar-refractivity contribution in [2.75, 3.05) is 0 Å². The zero-order chi connectivity index (χ0) is 15.7. The van der Waals surface area contributed by atoms with Gasteiger partial charge in [0, 0.05) is 22.7 Å². The van der Waals surface area contributed by atoms with Crippen LogP contribution < -0.4 is 0 Å². The van der Waals surface area contributed by atoms with Crippen molar-refractivity contribution in [3.05, 3.63) is 59.7 Å². The van der Waals surface area contributed by atoms with E-state index in [1.165, 1.54) is 12.3 Å². The van der Waals surface area contributed by atoms with Crippen molar-refractivity contribution in [1.29, 1.82) is 0 Å². The van der Waals surface area contributed by atoms with E-state index < -0.39 is 12.1 Å². The highest BCUT2D eigenvalue weighted by Gasteiger charge is 2.24. The van der Waals surface area contributed by atoms with E-state index in [0.29, 0.717) is 16.9 Å². The second-order valence-electron chi connectivity index (χ2n) is 5.05. The normalized spacial score (nSPS) is 12.3. The number of aryl methyl sites for hydroxylation is 1. The van der Waals surface area contributed by atoms with Crippen molar-refractivity contribution in [3.63, 3.8) is 0 Å². The number of aromatic amines is 1. The highest BCUT2D eigenvalue weighted by Crippen LogP contribution is 2.20. The van der Waals surface area contributed by atoms with Gasteiger partial charge in [-0.05, 0) is 26.0 Å². The molecule has 0 bridgehead atoms. The molecule has 112 valence electrons. The largest absolute Gasteiger partial charge is 0.469 e. The zero-order valence-corrected chi connectivity index (χ0v) is 12.3. The summed E-state index contributed by atoms with van der Waals surface area (Å²) in [5, 5.41) is 0.815. The molecule has 3 rings (SSSR count). The Kier molecular flexibility index (Phi) is 3.55. The van der Waals surface area contributed by atoms with E-state index in [1.54, 1.807) is 20.0 Å². The molecule has 1 N–H and O–H groups in total. The standard InChI is InChI=1S/C17H15NO4/c1-10-12(7-8-21-10)17(20)22-11(2)16(19)14-9-18-15-6-4-3-5-13(14)15/h3-9,11,18H,1-2H3. The number of furan rings is 1. The Balaban J connectivity index is 1.80. The average Bonchev–Trinajstić information content (AvgIpc) is 3.12. The number of rotatable bonds is 4. The summed E-state index contributed by atoms with van der Waals surface area (Å²) in [6.07, 6.45) is 2.18. The van der Waals surface area contributed by atoms with Gasteiger partial charge >= 0.3 is 5.97 Å². The fourth-order valence-corrected chi connectivity index (χ4v) is 2.37. The molecular formula is C17H15NO4. The molecule has 0 fully saturated rings. The lowest BCUT2D eigenvalue weighted by Gasteiger charge is -2.11. The Bertz CT molecular complexity index is 843. The Morgan fingerprint density at radius 1 is 1.18 bits per heavy atom. The first-order valence-electron chi connectivity index (χ1n) is 6.93. The Morgan fingerprint density at radius 3 is 2.68 bits per heavy atom. The van der Waals surface area contributed by atoms with Gasteiger partial charge in [-0.1, -0.05) is 18.2 Å². The molecular weight excluding hydrogens is 282 g/mol. The molecule has 0 saturated heterocycles. The van der Waals surface area contributed by atoms with Crippen LogP contribution in [0.25, 0.3) is 10.9 Å². The third-order valence-electron chi connectivity index (χ3n) is 3.59. The van der Waals surface area contributed by atoms with E-state index in [1.807, 2.05) is 24.3 Å². The van der Waals surface area contributed by atoms with Crippen LogP contribution in [0.5, 0.6) is 0 Å². The molecule has 0 aliphatic rings. The number of fused-ring (bicyclic) bond motifs is 1. The molecule has 0 aliphatic carbocycles. The summed E-state index contributed by atoms with van der Waals surface area (Å²) in [4.78, 5) is 27.6. The molecule has 0 spiro atoms. The molecule has 5 nitrogen and oxygen atoms in total. The monoisotopic (exact) mass is 297 g/mol. The molecule has 0 saturated carbocycles. The lowest BCUT2D eigenvalue weighted by Crippen LogP contribution is -2.24. The number of nitrogens with one attached hydrogen (secondary N) is 1. The third-order valence-corrected chi connectivity index (χ3v) is 3.59. The van der Waals surface area contributed by atoms with Crippen LogP contribution in [0.1, 0.15) is 33.4 Å². The van der Waals surface area contributed by atoms with Crippen LogP contribution >= 0.6 is 0 Å². The van der Waals surface area contributed by atoms with Crippen LogP contribution in [0, 0.1) is 6.92 Å². The fourth-order valence-electron chi connectivity index (χ4n) is 2.37. The van der Waals surface area contributed by atoms with Gasteiger partial charge in [-0.2, -0.15) is 0 Å². The van der Waals surface area contributed by atoms with E-state index in [-0.39, 0.29) is 5.78 Å². The van der Waals surface area contributed by atoms with Crippen molar-refractivity contribution >= 4 is 22.7 Å². The minimum atomic E-state index is -0.874. The third kappa shape index (κ3) is 2.41. The van der Waals surface area contributed by atoms with Gasteiger partial charge in [0.1, 0.15) is 11.3 Å². The number of Topliss-reactive ketones (excluding diaryl/α,β-unsaturated/α-hetero) is 1. The van der Waals surface area contributed by atoms with Crippen molar-refractivity contribution in [2.45, 2.75) is 20.0 Å². The van der Waals surface area contributed by atoms with Crippen molar-refractivity contribution < 1.29 is 18.7 Å². The quantitative estimate of drug-likeness (QED) is 0.591. The maximum atomic E-state index is 12.5. The summed E-state index contributed by atoms with van der Waals surface area (Å²) >= 11 is 0. The zero-order valence-electron chi connectivity index (χ0n) is 12.3. The lowest BCUT2D eigenvalue weighted by molar-refractivity contribution is 0.0317. The Morgan fingerprint density at radius 2 is 1.95 bits per heavy atom. The molecule has 3 aromatic rings. The fraction of sp³-hybridized carbons (Fsp3) is 0.176. The molecule has 5 heteroatoms. The number of carbonyl (C=O) groups excluding carboxylic acids is 2. The van der Waals surface area contributed by atoms with Gasteiger partial charge in [0.05, 0.1) is 6.26 Å². The van der Waals surface area contributed by atoms with Crippen LogP contribution in [0.4, 0.5) is 0 Å². The first-order valence-corrected chi connectivity index (χ1v) is 6.93. The first kappa shape index (κ1) is 14.1. The Hall–Kier alpha value is -2.82. The highest BCUT2D eigenvalue weighted by atomic mass is 16.5. The van der Waals surface area contributed by atoms with E-state index in [0.717, 1.165) is 10.9 Å². The molecule has 1 atom stereocenters. The predicted molar refractivity (Wildman–Crippen MR) is 81.0 cm³/mol. The number of hydrogen-bond acceptors (Lipinski definition) is 4. The van der Waals surface area contributed by atoms with Crippen molar-refractivity contribution in [2.24, 2.45) is 0 Å². The summed E-state index contributed by atoms with van der Waals surface area (Å²) in [6.45, 7) is 3.24. The maximum Gasteiger partial charge on any atom is 0.342 e. The summed E-state index contributed by atoms with van der Waals surface area (Å²) in [7, 11) is 0. The van der Waals surface area contributed by atoms with Gasteiger partial charge in [-0.25, -0.2) is 4.79 Å². The van der Waals surface area contributed by atoms with Gasteiger partial charge in [-0.15, -0.1) is 0 Å². The molecule has 1 unspecified atom stereocenters. The molecule has 22 heavy (non-hydrogen) atoms. The van der Waals surface area contributed by atoms with Crippen LogP contribution in [0.15, 0.2) is 47.2 Å². The molecule has 2 heterocycles. The summed E-state index contributed by atoms with van der Waals surface area (Å²) in [5.41, 5.74) is 1.72. The number of ether oxygens (including phenoxy) is 1. The minimum absolute atomic E-state index is 0.244. The summed E-state index contributed by atoms with van der Waals surface area (Å²) in [6, 6.07) is 9.02. The number of esters is 1. The van der Waals surface area contributed by atoms with Crippen molar-refractivity contribution in [3.8, 4) is 0 Å². The van der Waals surface area contributed by atoms with Gasteiger partial charge < -0.3 is 14.1 Å². The minimum Gasteiger partial charge on any atom is -0.469 e. The van der Waals surface area contributed by atoms with Crippen LogP contribution in [0.2, 0.25) is 0 Å². The van der Waals surface area contributed by atoms with Crippen LogP contribution in [-0.4, -0.2) is 22.8 Å². The number of H-pyrrole nitrogens is 1. The average molecular weight is 297 g/mol. The number of para-hydroxylation sites is 1. The molecule has 0 amide bonds. The van der Waals surface area contributed by atoms with Crippen molar-refractivity contribution in [1.82, 2.24) is 4.98 Å². The number of ketones is 1. The van der Waals surface area contributed by atoms with Gasteiger partial charge in [0.2, 0.25) is 5.78 Å².